The summed E-state index contributed by atoms with van der Waals surface area (Å²) in [5.41, 5.74) is 0.301. The number of carbonyl (C=O) groups excluding carboxylic acids is 1. The minimum absolute atomic E-state index is 0.232. The summed E-state index contributed by atoms with van der Waals surface area (Å²) in [6.07, 6.45) is 1.28. The molecule has 0 bridgehead atoms. The molecule has 0 radical (unpaired) electrons. The van der Waals surface area contributed by atoms with E-state index in [4.69, 9.17) is 0 Å². The second kappa shape index (κ2) is 9.16. The average molecular weight is 419 g/mol. The molecular formula is C23H28F3N3O. The minimum atomic E-state index is -1.56. The number of carbonyl (C=O) groups is 1. The van der Waals surface area contributed by atoms with E-state index in [0.717, 1.165) is 6.42 Å². The van der Waals surface area contributed by atoms with Crippen LogP contribution in [-0.4, -0.2) is 41.0 Å². The van der Waals surface area contributed by atoms with Crippen LogP contribution < -0.4 is 5.32 Å². The van der Waals surface area contributed by atoms with Crippen LogP contribution in [0.5, 0.6) is 0 Å². The number of likely N-dealkylation sites (tertiary alicyclic amines) is 1. The maximum atomic E-state index is 13.9. The van der Waals surface area contributed by atoms with E-state index in [9.17, 15) is 18.0 Å². The quantitative estimate of drug-likeness (QED) is 0.704. The number of pyridine rings is 1. The lowest BCUT2D eigenvalue weighted by Crippen LogP contribution is -2.55. The van der Waals surface area contributed by atoms with Gasteiger partial charge in [-0.3, -0.25) is 9.78 Å². The fraction of sp³-hybridized carbons (Fsp3) is 0.478. The van der Waals surface area contributed by atoms with E-state index in [0.29, 0.717) is 49.3 Å². The van der Waals surface area contributed by atoms with E-state index in [1.807, 2.05) is 6.92 Å². The van der Waals surface area contributed by atoms with Gasteiger partial charge in [-0.1, -0.05) is 26.0 Å². The van der Waals surface area contributed by atoms with Crippen molar-refractivity contribution in [2.24, 2.45) is 5.92 Å². The smallest absolute Gasteiger partial charge is 0.269 e. The van der Waals surface area contributed by atoms with Crippen molar-refractivity contribution in [1.29, 1.82) is 0 Å². The maximum absolute atomic E-state index is 13.9. The van der Waals surface area contributed by atoms with E-state index in [2.05, 4.69) is 29.0 Å². The summed E-state index contributed by atoms with van der Waals surface area (Å²) in [6.45, 7) is 7.83. The number of nitrogens with one attached hydrogen (secondary N) is 1. The lowest BCUT2D eigenvalue weighted by molar-refractivity contribution is 0.0847. The van der Waals surface area contributed by atoms with Gasteiger partial charge in [0.2, 0.25) is 0 Å². The highest BCUT2D eigenvalue weighted by atomic mass is 19.3. The van der Waals surface area contributed by atoms with Crippen molar-refractivity contribution in [1.82, 2.24) is 15.2 Å². The number of aromatic nitrogens is 1. The number of para-hydroxylation sites is 1. The highest BCUT2D eigenvalue weighted by Crippen LogP contribution is 2.25. The van der Waals surface area contributed by atoms with Gasteiger partial charge in [-0.15, -0.1) is 0 Å². The normalized spacial score (nSPS) is 17.2. The molecular weight excluding hydrogens is 391 g/mol. The van der Waals surface area contributed by atoms with E-state index in [1.54, 1.807) is 18.2 Å². The van der Waals surface area contributed by atoms with Crippen LogP contribution in [0.3, 0.4) is 0 Å². The van der Waals surface area contributed by atoms with Crippen molar-refractivity contribution in [2.75, 3.05) is 19.6 Å². The molecule has 0 saturated carbocycles. The number of nitrogens with zero attached hydrogens (tertiary/aromatic N) is 2. The topological polar surface area (TPSA) is 45.2 Å². The molecule has 1 fully saturated rings. The van der Waals surface area contributed by atoms with Crippen LogP contribution in [0, 0.1) is 11.7 Å². The summed E-state index contributed by atoms with van der Waals surface area (Å²) in [7, 11) is 0. The lowest BCUT2D eigenvalue weighted by atomic mass is 9.88. The van der Waals surface area contributed by atoms with Crippen molar-refractivity contribution in [3.05, 3.63) is 53.5 Å². The van der Waals surface area contributed by atoms with Crippen LogP contribution in [0.4, 0.5) is 13.2 Å². The van der Waals surface area contributed by atoms with Crippen LogP contribution in [0.1, 0.15) is 50.4 Å². The number of piperidine rings is 1. The molecule has 1 N–H and O–H groups in total. The lowest BCUT2D eigenvalue weighted by Gasteiger charge is -2.39. The molecule has 1 unspecified atom stereocenters. The predicted molar refractivity (Wildman–Crippen MR) is 112 cm³/mol. The molecule has 162 valence electrons. The second-order valence-corrected chi connectivity index (χ2v) is 8.79. The molecule has 2 aromatic rings. The van der Waals surface area contributed by atoms with Gasteiger partial charge in [-0.25, -0.2) is 4.39 Å². The Kier molecular flexibility index (Phi) is 6.81. The first-order chi connectivity index (χ1) is 14.2. The standard InChI is InChI=1S/C23H28F3N3O/c1-15(2)12-23(3,14-29-9-7-16(8-10-29)21(25)26)28-22(30)18-11-17-5-4-6-19(24)20(17)27-13-18/h4-6,11,13,15H,7-10,12,14H2,1-3H3,(H,28,30). The fourth-order valence-corrected chi connectivity index (χ4v) is 4.31. The molecule has 1 aliphatic rings. The molecule has 2 heterocycles. The van der Waals surface area contributed by atoms with Crippen molar-refractivity contribution in [3.63, 3.8) is 0 Å². The Hall–Kier alpha value is -2.41. The van der Waals surface area contributed by atoms with E-state index < -0.39 is 17.4 Å². The summed E-state index contributed by atoms with van der Waals surface area (Å²) in [6, 6.07) is 6.28. The first-order valence-electron chi connectivity index (χ1n) is 10.3. The molecule has 4 nitrogen and oxygen atoms in total. The number of benzene rings is 1. The summed E-state index contributed by atoms with van der Waals surface area (Å²) in [4.78, 5) is 19.2. The third kappa shape index (κ3) is 5.39. The molecule has 30 heavy (non-hydrogen) atoms. The predicted octanol–water partition coefficient (Wildman–Crippen LogP) is 5.15. The number of hydrogen-bond acceptors (Lipinski definition) is 3. The third-order valence-corrected chi connectivity index (χ3v) is 5.50. The van der Waals surface area contributed by atoms with Crippen molar-refractivity contribution in [2.45, 2.75) is 45.6 Å². The van der Waals surface area contributed by atoms with Gasteiger partial charge < -0.3 is 10.2 Å². The zero-order valence-electron chi connectivity index (χ0n) is 17.6. The largest absolute Gasteiger partial charge is 0.346 e. The van der Waals surface area contributed by atoms with Crippen molar-refractivity contribution >= 4 is 16.8 Å². The third-order valence-electron chi connectivity index (χ3n) is 5.50. The first-order valence-corrected chi connectivity index (χ1v) is 10.3. The Morgan fingerprint density at radius 3 is 2.60 bits per heavy atom. The number of amides is 1. The molecule has 0 aliphatic carbocycles. The molecule has 1 aliphatic heterocycles. The molecule has 1 saturated heterocycles. The Balaban J connectivity index is 1.75. The molecule has 1 aromatic heterocycles. The van der Waals surface area contributed by atoms with Gasteiger partial charge in [0, 0.05) is 31.2 Å². The Morgan fingerprint density at radius 1 is 1.27 bits per heavy atom. The average Bonchev–Trinajstić information content (AvgIpc) is 2.67. The SMILES string of the molecule is CC(C)CC(C)(CN1CCC(=C(F)F)CC1)NC(=O)c1cnc2c(F)cccc2c1. The monoisotopic (exact) mass is 419 g/mol. The zero-order valence-corrected chi connectivity index (χ0v) is 17.6. The van der Waals surface area contributed by atoms with Gasteiger partial charge in [0.1, 0.15) is 11.3 Å². The van der Waals surface area contributed by atoms with E-state index in [1.165, 1.54) is 12.3 Å². The second-order valence-electron chi connectivity index (χ2n) is 8.79. The van der Waals surface area contributed by atoms with Crippen LogP contribution in [0.25, 0.3) is 10.9 Å². The number of rotatable bonds is 6. The molecule has 1 amide bonds. The van der Waals surface area contributed by atoms with Crippen LogP contribution in [0.15, 0.2) is 42.1 Å². The Morgan fingerprint density at radius 2 is 1.97 bits per heavy atom. The van der Waals surface area contributed by atoms with Crippen molar-refractivity contribution in [3.8, 4) is 0 Å². The summed E-state index contributed by atoms with van der Waals surface area (Å²) in [5.74, 6) is -0.362. The summed E-state index contributed by atoms with van der Waals surface area (Å²) >= 11 is 0. The van der Waals surface area contributed by atoms with Crippen molar-refractivity contribution < 1.29 is 18.0 Å². The number of fused-ring (bicyclic) bond motifs is 1. The summed E-state index contributed by atoms with van der Waals surface area (Å²) in [5, 5.41) is 3.69. The highest BCUT2D eigenvalue weighted by Gasteiger charge is 2.32. The molecule has 3 rings (SSSR count). The van der Waals surface area contributed by atoms with E-state index >= 15 is 0 Å². The number of halogens is 3. The molecule has 7 heteroatoms. The Labute approximate surface area is 175 Å². The van der Waals surface area contributed by atoms with Crippen LogP contribution in [-0.2, 0) is 0 Å². The molecule has 1 atom stereocenters. The fourth-order valence-electron chi connectivity index (χ4n) is 4.31. The molecule has 1 aromatic carbocycles. The van der Waals surface area contributed by atoms with Crippen LogP contribution in [0.2, 0.25) is 0 Å². The van der Waals surface area contributed by atoms with E-state index in [-0.39, 0.29) is 17.0 Å². The van der Waals surface area contributed by atoms with Gasteiger partial charge in [-0.05, 0) is 49.8 Å². The first kappa shape index (κ1) is 22.3. The van der Waals surface area contributed by atoms with Gasteiger partial charge >= 0.3 is 0 Å². The highest BCUT2D eigenvalue weighted by molar-refractivity contribution is 5.97. The van der Waals surface area contributed by atoms with Gasteiger partial charge in [0.05, 0.1) is 11.1 Å². The van der Waals surface area contributed by atoms with Gasteiger partial charge in [0.25, 0.3) is 12.0 Å². The van der Waals surface area contributed by atoms with Crippen LogP contribution >= 0.6 is 0 Å². The van der Waals surface area contributed by atoms with Gasteiger partial charge in [0.15, 0.2) is 0 Å². The summed E-state index contributed by atoms with van der Waals surface area (Å²) < 4.78 is 39.5. The number of hydrogen-bond donors (Lipinski definition) is 1. The molecule has 0 spiro atoms. The minimum Gasteiger partial charge on any atom is -0.346 e. The maximum Gasteiger partial charge on any atom is 0.269 e. The Bertz CT molecular complexity index is 946. The zero-order chi connectivity index (χ0) is 21.9. The van der Waals surface area contributed by atoms with Gasteiger partial charge in [-0.2, -0.15) is 8.78 Å².